The van der Waals surface area contributed by atoms with E-state index in [1.807, 2.05) is 0 Å². The summed E-state index contributed by atoms with van der Waals surface area (Å²) in [6, 6.07) is 0. The fourth-order valence-electron chi connectivity index (χ4n) is 0. The molecule has 0 heterocycles. The first-order valence-corrected chi connectivity index (χ1v) is 0.548. The fourth-order valence-corrected chi connectivity index (χ4v) is 0. The van der Waals surface area contributed by atoms with E-state index < -0.39 is 5.09 Å². The molecular weight excluding hydrogens is 238 g/mol. The van der Waals surface area contributed by atoms with Gasteiger partial charge in [0.2, 0.25) is 0 Å². The topological polar surface area (TPSA) is 129 Å². The van der Waals surface area contributed by atoms with Crippen LogP contribution >= 0.6 is 0 Å². The van der Waals surface area contributed by atoms with Crippen LogP contribution in [0.2, 0.25) is 0 Å². The Labute approximate surface area is 71.8 Å². The van der Waals surface area contributed by atoms with Crippen LogP contribution in [0.15, 0.2) is 0 Å². The summed E-state index contributed by atoms with van der Waals surface area (Å²) >= 11 is 0. The molecule has 0 atom stereocenters. The van der Waals surface area contributed by atoms with E-state index >= 15 is 0 Å². The predicted octanol–water partition coefficient (Wildman–Crippen LogP) is -1.89. The van der Waals surface area contributed by atoms with Crippen LogP contribution in [-0.4, -0.2) is 16.0 Å². The molecule has 0 aromatic heterocycles. The molecule has 0 aromatic rings. The zero-order chi connectivity index (χ0) is 3.58. The van der Waals surface area contributed by atoms with Gasteiger partial charge in [0.1, 0.15) is 0 Å². The largest absolute Gasteiger partial charge is 0.412 e. The molecule has 7 heteroatoms. The molecule has 0 rings (SSSR count). The van der Waals surface area contributed by atoms with Crippen molar-refractivity contribution in [3.05, 3.63) is 15.3 Å². The molecule has 0 fully saturated rings. The van der Waals surface area contributed by atoms with Gasteiger partial charge in [-0.3, -0.25) is 0 Å². The van der Waals surface area contributed by atoms with Crippen molar-refractivity contribution >= 4 is 0 Å². The van der Waals surface area contributed by atoms with Gasteiger partial charge in [0.15, 0.2) is 0 Å². The van der Waals surface area contributed by atoms with Crippen molar-refractivity contribution in [3.8, 4) is 0 Å². The first-order valence-electron chi connectivity index (χ1n) is 0.548. The third kappa shape index (κ3) is 584. The average molecular weight is 242 g/mol. The predicted molar refractivity (Wildman–Crippen MR) is 17.6 cm³/mol. The monoisotopic (exact) mass is 240 g/mol. The molecule has 44 valence electrons. The maximum atomic E-state index is 8.25. The Hall–Kier alpha value is 0.471. The van der Waals surface area contributed by atoms with Crippen LogP contribution in [0.5, 0.6) is 0 Å². The van der Waals surface area contributed by atoms with Gasteiger partial charge in [-0.1, -0.05) is 0 Å². The molecular formula is H4NNdO5-. The number of hydrogen-bond donors (Lipinski definition) is 0. The molecule has 0 saturated heterocycles. The molecule has 0 aliphatic rings. The van der Waals surface area contributed by atoms with Gasteiger partial charge in [-0.25, -0.2) is 0 Å². The zero-order valence-corrected chi connectivity index (χ0v) is 6.38. The van der Waals surface area contributed by atoms with Crippen molar-refractivity contribution in [1.29, 1.82) is 0 Å². The molecule has 0 spiro atoms. The maximum absolute atomic E-state index is 8.25. The van der Waals surface area contributed by atoms with Gasteiger partial charge in [-0.05, 0) is 0 Å². The summed E-state index contributed by atoms with van der Waals surface area (Å²) in [7, 11) is 0. The molecule has 0 amide bonds. The van der Waals surface area contributed by atoms with E-state index in [0.717, 1.165) is 0 Å². The maximum Gasteiger partial charge on any atom is 0.0689 e. The molecule has 0 aliphatic carbocycles. The van der Waals surface area contributed by atoms with E-state index in [1.165, 1.54) is 0 Å². The van der Waals surface area contributed by atoms with E-state index in [9.17, 15) is 0 Å². The van der Waals surface area contributed by atoms with Crippen LogP contribution in [0.4, 0.5) is 0 Å². The van der Waals surface area contributed by atoms with E-state index in [4.69, 9.17) is 15.3 Å². The molecule has 0 saturated carbocycles. The number of hydrogen-bond acceptors (Lipinski definition) is 3. The minimum Gasteiger partial charge on any atom is -0.412 e. The number of nitrogens with zero attached hydrogens (tertiary/aromatic N) is 1. The molecule has 6 nitrogen and oxygen atoms in total. The Morgan fingerprint density at radius 1 is 1.14 bits per heavy atom. The van der Waals surface area contributed by atoms with E-state index in [2.05, 4.69) is 0 Å². The van der Waals surface area contributed by atoms with Gasteiger partial charge >= 0.3 is 0 Å². The Kier molecular flexibility index (Phi) is 59.6. The average Bonchev–Trinajstić information content (AvgIpc) is 0.811. The second-order valence-electron chi connectivity index (χ2n) is 0.224. The fraction of sp³-hybridized carbons (Fsp3) is 0. The van der Waals surface area contributed by atoms with Gasteiger partial charge in [-0.2, -0.15) is 0 Å². The minimum absolute atomic E-state index is 0. The van der Waals surface area contributed by atoms with Crippen molar-refractivity contribution in [2.75, 3.05) is 0 Å². The standard InChI is InChI=1S/NO3.Nd.2H2O/c2-1(3)4;;;/h;;2*1H2/q-1;;;. The first kappa shape index (κ1) is 26.0. The smallest absolute Gasteiger partial charge is 0.0689 e. The SMILES string of the molecule is O.O.O=[N+]([O-])[O-].[Nd]. The van der Waals surface area contributed by atoms with E-state index in [0.29, 0.717) is 0 Å². The van der Waals surface area contributed by atoms with Crippen LogP contribution in [-0.2, 0) is 0 Å². The molecule has 0 radical (unpaired) electrons. The van der Waals surface area contributed by atoms with E-state index in [-0.39, 0.29) is 51.8 Å². The second-order valence-corrected chi connectivity index (χ2v) is 0.224. The number of rotatable bonds is 0. The van der Waals surface area contributed by atoms with Crippen LogP contribution in [0.1, 0.15) is 0 Å². The van der Waals surface area contributed by atoms with Crippen LogP contribution < -0.4 is 0 Å². The molecule has 7 heavy (non-hydrogen) atoms. The van der Waals surface area contributed by atoms with Crippen molar-refractivity contribution in [3.63, 3.8) is 0 Å². The zero-order valence-electron chi connectivity index (χ0n) is 3.17. The second kappa shape index (κ2) is 16.1. The van der Waals surface area contributed by atoms with Gasteiger partial charge in [0.05, 0.1) is 5.09 Å². The summed E-state index contributed by atoms with van der Waals surface area (Å²) in [5.41, 5.74) is 0. The van der Waals surface area contributed by atoms with Crippen molar-refractivity contribution < 1.29 is 56.9 Å². The quantitative estimate of drug-likeness (QED) is 0.363. The van der Waals surface area contributed by atoms with Gasteiger partial charge in [-0.15, -0.1) is 0 Å². The van der Waals surface area contributed by atoms with Crippen molar-refractivity contribution in [2.24, 2.45) is 0 Å². The summed E-state index contributed by atoms with van der Waals surface area (Å²) < 4.78 is 0. The van der Waals surface area contributed by atoms with Gasteiger partial charge in [0, 0.05) is 40.8 Å². The van der Waals surface area contributed by atoms with Gasteiger partial charge in [0.25, 0.3) is 0 Å². The van der Waals surface area contributed by atoms with Gasteiger partial charge < -0.3 is 26.3 Å². The summed E-state index contributed by atoms with van der Waals surface area (Å²) in [5.74, 6) is 0. The van der Waals surface area contributed by atoms with Crippen molar-refractivity contribution in [1.82, 2.24) is 0 Å². The van der Waals surface area contributed by atoms with Crippen LogP contribution in [0.3, 0.4) is 0 Å². The summed E-state index contributed by atoms with van der Waals surface area (Å²) in [4.78, 5) is 8.25. The Morgan fingerprint density at radius 2 is 1.14 bits per heavy atom. The molecule has 0 bridgehead atoms. The van der Waals surface area contributed by atoms with E-state index in [1.54, 1.807) is 0 Å². The Morgan fingerprint density at radius 3 is 1.14 bits per heavy atom. The third-order valence-electron chi connectivity index (χ3n) is 0. The molecule has 4 N–H and O–H groups in total. The van der Waals surface area contributed by atoms with Crippen molar-refractivity contribution in [2.45, 2.75) is 0 Å². The summed E-state index contributed by atoms with van der Waals surface area (Å²) in [6.07, 6.45) is 0. The van der Waals surface area contributed by atoms with Crippen LogP contribution in [0, 0.1) is 56.2 Å². The summed E-state index contributed by atoms with van der Waals surface area (Å²) in [5, 5.41) is 14.8. The summed E-state index contributed by atoms with van der Waals surface area (Å²) in [6.45, 7) is 0. The normalized spacial score (nSPS) is 3.43. The Balaban J connectivity index is -0.0000000150. The van der Waals surface area contributed by atoms with Crippen LogP contribution in [0.25, 0.3) is 0 Å². The Bertz CT molecular complexity index is 31.1. The third-order valence-corrected chi connectivity index (χ3v) is 0. The first-order chi connectivity index (χ1) is 1.73. The molecule has 0 unspecified atom stereocenters. The molecule has 0 aliphatic heterocycles. The molecule has 0 aromatic carbocycles. The minimum atomic E-state index is -1.75.